The molecule has 1 saturated carbocycles. The first-order valence-corrected chi connectivity index (χ1v) is 12.7. The zero-order valence-electron chi connectivity index (χ0n) is 18.9. The summed E-state index contributed by atoms with van der Waals surface area (Å²) in [5, 5.41) is 0.479. The number of esters is 1. The van der Waals surface area contributed by atoms with Crippen molar-refractivity contribution in [1.29, 1.82) is 0 Å². The topological polar surface area (TPSA) is 84.0 Å². The molecule has 7 nitrogen and oxygen atoms in total. The van der Waals surface area contributed by atoms with Crippen LogP contribution >= 0.6 is 11.6 Å². The fraction of sp³-hybridized carbons (Fsp3) is 0.417. The average Bonchev–Trinajstić information content (AvgIpc) is 2.84. The van der Waals surface area contributed by atoms with Gasteiger partial charge in [-0.2, -0.15) is 4.31 Å². The van der Waals surface area contributed by atoms with Crippen molar-refractivity contribution >= 4 is 33.5 Å². The number of halogens is 1. The minimum Gasteiger partial charge on any atom is -0.468 e. The van der Waals surface area contributed by atoms with E-state index in [4.69, 9.17) is 16.3 Å². The molecule has 0 heterocycles. The summed E-state index contributed by atoms with van der Waals surface area (Å²) in [6, 6.07) is 12.9. The molecule has 1 amide bonds. The number of sulfonamides is 1. The van der Waals surface area contributed by atoms with Gasteiger partial charge in [0.25, 0.3) is 5.91 Å². The lowest BCUT2D eigenvalue weighted by molar-refractivity contribution is -0.141. The maximum atomic E-state index is 13.2. The molecule has 0 saturated heterocycles. The van der Waals surface area contributed by atoms with Gasteiger partial charge in [-0.25, -0.2) is 8.42 Å². The molecular formula is C24H29ClN2O5S. The van der Waals surface area contributed by atoms with Gasteiger partial charge in [-0.15, -0.1) is 0 Å². The van der Waals surface area contributed by atoms with E-state index in [9.17, 15) is 18.0 Å². The van der Waals surface area contributed by atoms with Crippen LogP contribution in [0, 0.1) is 0 Å². The highest BCUT2D eigenvalue weighted by Crippen LogP contribution is 2.27. The molecule has 1 aliphatic carbocycles. The van der Waals surface area contributed by atoms with Crippen molar-refractivity contribution in [2.75, 3.05) is 20.7 Å². The van der Waals surface area contributed by atoms with E-state index in [2.05, 4.69) is 0 Å². The standard InChI is InChI=1S/C24H29ClN2O5S/c1-26(20-9-4-3-5-10-20)33(30,31)21-14-12-18(13-15-21)24(29)27(17-23(28)32-2)16-19-8-6-7-11-22(19)25/h6-8,11-15,20H,3-5,9-10,16-17H2,1-2H3. The van der Waals surface area contributed by atoms with Crippen LogP contribution in [0.4, 0.5) is 0 Å². The Morgan fingerprint density at radius 3 is 2.27 bits per heavy atom. The summed E-state index contributed by atoms with van der Waals surface area (Å²) in [4.78, 5) is 26.5. The van der Waals surface area contributed by atoms with Crippen LogP contribution < -0.4 is 0 Å². The van der Waals surface area contributed by atoms with Gasteiger partial charge in [0.05, 0.1) is 12.0 Å². The molecule has 2 aromatic rings. The summed E-state index contributed by atoms with van der Waals surface area (Å²) in [6.07, 6.45) is 4.91. The van der Waals surface area contributed by atoms with Crippen LogP contribution in [0.1, 0.15) is 48.0 Å². The number of amides is 1. The van der Waals surface area contributed by atoms with Crippen molar-refractivity contribution in [2.45, 2.75) is 49.6 Å². The number of benzene rings is 2. The minimum absolute atomic E-state index is 0.00349. The van der Waals surface area contributed by atoms with Gasteiger partial charge < -0.3 is 9.64 Å². The predicted octanol–water partition coefficient (Wildman–Crippen LogP) is 4.11. The van der Waals surface area contributed by atoms with Gasteiger partial charge in [-0.1, -0.05) is 49.1 Å². The zero-order chi connectivity index (χ0) is 24.0. The lowest BCUT2D eigenvalue weighted by Crippen LogP contribution is -2.38. The molecule has 0 atom stereocenters. The molecular weight excluding hydrogens is 464 g/mol. The lowest BCUT2D eigenvalue weighted by atomic mass is 9.96. The lowest BCUT2D eigenvalue weighted by Gasteiger charge is -2.30. The summed E-state index contributed by atoms with van der Waals surface area (Å²) in [6.45, 7) is -0.150. The molecule has 178 valence electrons. The zero-order valence-corrected chi connectivity index (χ0v) is 20.4. The average molecular weight is 493 g/mol. The first-order valence-electron chi connectivity index (χ1n) is 10.9. The van der Waals surface area contributed by atoms with Gasteiger partial charge in [-0.3, -0.25) is 9.59 Å². The fourth-order valence-electron chi connectivity index (χ4n) is 4.01. The van der Waals surface area contributed by atoms with E-state index in [1.807, 2.05) is 0 Å². The Morgan fingerprint density at radius 1 is 1.03 bits per heavy atom. The summed E-state index contributed by atoms with van der Waals surface area (Å²) in [5.41, 5.74) is 0.954. The fourth-order valence-corrected chi connectivity index (χ4v) is 5.62. The summed E-state index contributed by atoms with van der Waals surface area (Å²) in [5.74, 6) is -0.992. The largest absolute Gasteiger partial charge is 0.468 e. The maximum absolute atomic E-state index is 13.2. The maximum Gasteiger partial charge on any atom is 0.325 e. The van der Waals surface area contributed by atoms with E-state index in [1.165, 1.54) is 40.6 Å². The molecule has 3 rings (SSSR count). The third kappa shape index (κ3) is 6.13. The monoisotopic (exact) mass is 492 g/mol. The van der Waals surface area contributed by atoms with E-state index in [1.54, 1.807) is 31.3 Å². The van der Waals surface area contributed by atoms with Gasteiger partial charge in [-0.05, 0) is 48.7 Å². The van der Waals surface area contributed by atoms with Crippen LogP contribution in [0.25, 0.3) is 0 Å². The second-order valence-corrected chi connectivity index (χ2v) is 10.6. The predicted molar refractivity (Wildman–Crippen MR) is 126 cm³/mol. The summed E-state index contributed by atoms with van der Waals surface area (Å²) >= 11 is 6.23. The minimum atomic E-state index is -3.66. The van der Waals surface area contributed by atoms with E-state index in [-0.39, 0.29) is 29.6 Å². The number of carbonyl (C=O) groups excluding carboxylic acids is 2. The molecule has 33 heavy (non-hydrogen) atoms. The molecule has 0 aromatic heterocycles. The summed E-state index contributed by atoms with van der Waals surface area (Å²) in [7, 11) is -0.791. The van der Waals surface area contributed by atoms with Crippen LogP contribution in [-0.2, 0) is 26.1 Å². The number of hydrogen-bond donors (Lipinski definition) is 0. The molecule has 0 N–H and O–H groups in total. The van der Waals surface area contributed by atoms with E-state index >= 15 is 0 Å². The highest BCUT2D eigenvalue weighted by Gasteiger charge is 2.29. The molecule has 1 fully saturated rings. The van der Waals surface area contributed by atoms with Crippen LogP contribution in [0.2, 0.25) is 5.02 Å². The Kier molecular flexibility index (Phi) is 8.51. The van der Waals surface area contributed by atoms with Crippen molar-refractivity contribution in [3.05, 3.63) is 64.7 Å². The van der Waals surface area contributed by atoms with Gasteiger partial charge in [0.1, 0.15) is 6.54 Å². The third-order valence-electron chi connectivity index (χ3n) is 6.02. The molecule has 0 aliphatic heterocycles. The number of hydrogen-bond acceptors (Lipinski definition) is 5. The Labute approximate surface area is 200 Å². The van der Waals surface area contributed by atoms with Gasteiger partial charge in [0.15, 0.2) is 0 Å². The van der Waals surface area contributed by atoms with Crippen LogP contribution in [0.15, 0.2) is 53.4 Å². The highest BCUT2D eigenvalue weighted by atomic mass is 35.5. The Bertz CT molecular complexity index is 1080. The van der Waals surface area contributed by atoms with Gasteiger partial charge in [0.2, 0.25) is 10.0 Å². The smallest absolute Gasteiger partial charge is 0.325 e. The van der Waals surface area contributed by atoms with Crippen LogP contribution in [0.5, 0.6) is 0 Å². The SMILES string of the molecule is COC(=O)CN(Cc1ccccc1Cl)C(=O)c1ccc(S(=O)(=O)N(C)C2CCCCC2)cc1. The first-order chi connectivity index (χ1) is 15.7. The Morgan fingerprint density at radius 2 is 1.67 bits per heavy atom. The van der Waals surface area contributed by atoms with Crippen molar-refractivity contribution < 1.29 is 22.7 Å². The van der Waals surface area contributed by atoms with Crippen molar-refractivity contribution in [1.82, 2.24) is 9.21 Å². The van der Waals surface area contributed by atoms with Crippen LogP contribution in [-0.4, -0.2) is 56.2 Å². The molecule has 0 unspecified atom stereocenters. The Balaban J connectivity index is 1.81. The third-order valence-corrected chi connectivity index (χ3v) is 8.31. The Hall–Kier alpha value is -2.42. The quantitative estimate of drug-likeness (QED) is 0.518. The van der Waals surface area contributed by atoms with E-state index in [0.29, 0.717) is 10.6 Å². The number of rotatable bonds is 8. The van der Waals surface area contributed by atoms with Crippen LogP contribution in [0.3, 0.4) is 0 Å². The molecule has 0 spiro atoms. The molecule has 9 heteroatoms. The molecule has 2 aromatic carbocycles. The van der Waals surface area contributed by atoms with Gasteiger partial charge >= 0.3 is 5.97 Å². The summed E-state index contributed by atoms with van der Waals surface area (Å²) < 4.78 is 32.3. The molecule has 0 bridgehead atoms. The van der Waals surface area contributed by atoms with Crippen molar-refractivity contribution in [3.63, 3.8) is 0 Å². The van der Waals surface area contributed by atoms with E-state index in [0.717, 1.165) is 32.1 Å². The second kappa shape index (κ2) is 11.1. The van der Waals surface area contributed by atoms with Gasteiger partial charge in [0, 0.05) is 30.2 Å². The van der Waals surface area contributed by atoms with Crippen molar-refractivity contribution in [3.8, 4) is 0 Å². The number of ether oxygens (including phenoxy) is 1. The normalized spacial score (nSPS) is 14.8. The number of methoxy groups -OCH3 is 1. The molecule has 0 radical (unpaired) electrons. The first kappa shape index (κ1) is 25.2. The highest BCUT2D eigenvalue weighted by molar-refractivity contribution is 7.89. The number of nitrogens with zero attached hydrogens (tertiary/aromatic N) is 2. The molecule has 1 aliphatic rings. The second-order valence-electron chi connectivity index (χ2n) is 8.17. The number of carbonyl (C=O) groups is 2. The van der Waals surface area contributed by atoms with Crippen molar-refractivity contribution in [2.24, 2.45) is 0 Å². The van der Waals surface area contributed by atoms with E-state index < -0.39 is 21.9 Å².